The summed E-state index contributed by atoms with van der Waals surface area (Å²) in [6.07, 6.45) is 10.2. The first-order valence-electron chi connectivity index (χ1n) is 10.3. The number of halogens is 1. The van der Waals surface area contributed by atoms with Crippen LogP contribution in [0.15, 0.2) is 57.1 Å². The highest BCUT2D eigenvalue weighted by Gasteiger charge is 2.26. The Balaban J connectivity index is 1.19. The van der Waals surface area contributed by atoms with Gasteiger partial charge in [-0.15, -0.1) is 5.10 Å². The van der Waals surface area contributed by atoms with Crippen LogP contribution in [0.3, 0.4) is 0 Å². The third-order valence-electron chi connectivity index (χ3n) is 5.43. The summed E-state index contributed by atoms with van der Waals surface area (Å²) in [5.74, 6) is 6.07. The molecule has 12 heteroatoms. The number of nitrogens with zero attached hydrogens (tertiary/aromatic N) is 8. The number of ether oxygens (including phenoxy) is 1. The molecule has 1 fully saturated rings. The highest BCUT2D eigenvalue weighted by Crippen LogP contribution is 2.20. The average molecular weight is 499 g/mol. The lowest BCUT2D eigenvalue weighted by Crippen LogP contribution is -2.50. The van der Waals surface area contributed by atoms with E-state index in [1.165, 1.54) is 0 Å². The van der Waals surface area contributed by atoms with Crippen molar-refractivity contribution in [2.24, 2.45) is 15.9 Å². The molecule has 2 aliphatic rings. The minimum Gasteiger partial charge on any atom is -0.378 e. The highest BCUT2D eigenvalue weighted by atomic mass is 79.9. The number of rotatable bonds is 7. The molecule has 166 valence electrons. The first-order chi connectivity index (χ1) is 15.7. The van der Waals surface area contributed by atoms with Crippen LogP contribution in [-0.4, -0.2) is 73.5 Å². The number of fused-ring (bicyclic) bond motifs is 1. The predicted molar refractivity (Wildman–Crippen MR) is 125 cm³/mol. The first kappa shape index (κ1) is 20.8. The van der Waals surface area contributed by atoms with E-state index < -0.39 is 0 Å². The third-order valence-corrected chi connectivity index (χ3v) is 6.05. The summed E-state index contributed by atoms with van der Waals surface area (Å²) < 4.78 is 9.58. The van der Waals surface area contributed by atoms with Crippen LogP contribution in [0.5, 0.6) is 0 Å². The number of aromatic nitrogens is 5. The molecule has 0 bridgehead atoms. The molecule has 1 saturated heterocycles. The van der Waals surface area contributed by atoms with Crippen LogP contribution in [0.1, 0.15) is 6.42 Å². The topological polar surface area (TPSA) is 123 Å². The summed E-state index contributed by atoms with van der Waals surface area (Å²) in [5, 5.41) is 15.8. The van der Waals surface area contributed by atoms with Crippen molar-refractivity contribution in [2.75, 3.05) is 31.6 Å². The number of pyridine rings is 1. The van der Waals surface area contributed by atoms with E-state index in [1.807, 2.05) is 24.5 Å². The van der Waals surface area contributed by atoms with E-state index in [0.29, 0.717) is 24.2 Å². The number of nitrogens with one attached hydrogen (secondary N) is 1. The van der Waals surface area contributed by atoms with Crippen molar-refractivity contribution in [3.8, 4) is 0 Å². The zero-order chi connectivity index (χ0) is 21.9. The maximum atomic E-state index is 5.58. The Bertz CT molecular complexity index is 1190. The smallest absolute Gasteiger partial charge is 0.247 e. The summed E-state index contributed by atoms with van der Waals surface area (Å²) >= 11 is 3.48. The van der Waals surface area contributed by atoms with Gasteiger partial charge in [-0.2, -0.15) is 15.2 Å². The van der Waals surface area contributed by atoms with Crippen LogP contribution < -0.4 is 11.2 Å². The molecule has 0 unspecified atom stereocenters. The standard InChI is InChI=1S/C20H23BrN10O/c21-18-2-1-5-31-19(18)26-20(28-31)25-15-9-24-30(10-15)11-16(27-22)8-23-14-3-6-29(7-4-14)17-12-32-13-17/h1-3,5,8-10,17H,4,6-7,11-13,22H2,(H,25,28). The van der Waals surface area contributed by atoms with Gasteiger partial charge in [-0.05, 0) is 34.1 Å². The molecule has 2 aliphatic heterocycles. The monoisotopic (exact) mass is 498 g/mol. The average Bonchev–Trinajstić information content (AvgIpc) is 3.38. The lowest BCUT2D eigenvalue weighted by molar-refractivity contribution is -0.0620. The predicted octanol–water partition coefficient (Wildman–Crippen LogP) is 1.81. The van der Waals surface area contributed by atoms with Gasteiger partial charge in [-0.3, -0.25) is 14.6 Å². The van der Waals surface area contributed by atoms with Gasteiger partial charge in [0.15, 0.2) is 5.65 Å². The van der Waals surface area contributed by atoms with Crippen molar-refractivity contribution < 1.29 is 4.74 Å². The van der Waals surface area contributed by atoms with Gasteiger partial charge in [-0.1, -0.05) is 0 Å². The third kappa shape index (κ3) is 4.56. The quantitative estimate of drug-likeness (QED) is 0.289. The summed E-state index contributed by atoms with van der Waals surface area (Å²) in [5.41, 5.74) is 3.18. The number of hydrazone groups is 1. The van der Waals surface area contributed by atoms with Crippen LogP contribution >= 0.6 is 15.9 Å². The molecule has 0 aliphatic carbocycles. The minimum atomic E-state index is 0.407. The van der Waals surface area contributed by atoms with Crippen LogP contribution in [-0.2, 0) is 11.3 Å². The molecule has 5 heterocycles. The number of hydrogen-bond donors (Lipinski definition) is 2. The van der Waals surface area contributed by atoms with Gasteiger partial charge in [0.2, 0.25) is 5.95 Å². The van der Waals surface area contributed by atoms with E-state index in [2.05, 4.69) is 57.5 Å². The van der Waals surface area contributed by atoms with Gasteiger partial charge in [0.25, 0.3) is 0 Å². The first-order valence-corrected chi connectivity index (χ1v) is 11.1. The van der Waals surface area contributed by atoms with E-state index in [0.717, 1.165) is 54.2 Å². The van der Waals surface area contributed by atoms with E-state index in [4.69, 9.17) is 10.6 Å². The van der Waals surface area contributed by atoms with E-state index in [-0.39, 0.29) is 0 Å². The Hall–Kier alpha value is -3.09. The van der Waals surface area contributed by atoms with Crippen molar-refractivity contribution >= 4 is 45.1 Å². The Morgan fingerprint density at radius 1 is 1.41 bits per heavy atom. The summed E-state index contributed by atoms with van der Waals surface area (Å²) in [6.45, 7) is 3.97. The highest BCUT2D eigenvalue weighted by molar-refractivity contribution is 9.10. The molecule has 3 N–H and O–H groups in total. The molecule has 3 aromatic rings. The summed E-state index contributed by atoms with van der Waals surface area (Å²) in [6, 6.07) is 4.37. The number of nitrogens with two attached hydrogens (primary N) is 1. The van der Waals surface area contributed by atoms with E-state index in [1.54, 1.807) is 21.6 Å². The van der Waals surface area contributed by atoms with Crippen molar-refractivity contribution in [1.82, 2.24) is 29.3 Å². The minimum absolute atomic E-state index is 0.407. The largest absolute Gasteiger partial charge is 0.378 e. The molecule has 32 heavy (non-hydrogen) atoms. The van der Waals surface area contributed by atoms with E-state index >= 15 is 0 Å². The van der Waals surface area contributed by atoms with Crippen molar-refractivity contribution in [3.63, 3.8) is 0 Å². The van der Waals surface area contributed by atoms with Gasteiger partial charge in [-0.25, -0.2) is 4.52 Å². The Kier molecular flexibility index (Phi) is 5.97. The zero-order valence-electron chi connectivity index (χ0n) is 17.3. The molecule has 5 rings (SSSR count). The second kappa shape index (κ2) is 9.18. The van der Waals surface area contributed by atoms with Crippen LogP contribution in [0.4, 0.5) is 11.6 Å². The molecular weight excluding hydrogens is 476 g/mol. The maximum absolute atomic E-state index is 5.58. The van der Waals surface area contributed by atoms with Crippen LogP contribution in [0, 0.1) is 0 Å². The molecule has 0 spiro atoms. The molecule has 0 aromatic carbocycles. The maximum Gasteiger partial charge on any atom is 0.247 e. The molecule has 0 amide bonds. The van der Waals surface area contributed by atoms with E-state index in [9.17, 15) is 0 Å². The zero-order valence-corrected chi connectivity index (χ0v) is 18.9. The van der Waals surface area contributed by atoms with Crippen molar-refractivity contribution in [3.05, 3.63) is 47.0 Å². The molecule has 0 radical (unpaired) electrons. The van der Waals surface area contributed by atoms with Gasteiger partial charge in [0.05, 0.1) is 54.1 Å². The second-order valence-electron chi connectivity index (χ2n) is 7.62. The number of aliphatic imine (C=N–C) groups is 1. The molecule has 3 aromatic heterocycles. The fourth-order valence-corrected chi connectivity index (χ4v) is 3.99. The van der Waals surface area contributed by atoms with Crippen LogP contribution in [0.2, 0.25) is 0 Å². The lowest BCUT2D eigenvalue weighted by Gasteiger charge is -2.38. The van der Waals surface area contributed by atoms with Gasteiger partial charge >= 0.3 is 0 Å². The fraction of sp³-hybridized carbons (Fsp3) is 0.350. The molecule has 0 atom stereocenters. The Morgan fingerprint density at radius 2 is 2.31 bits per heavy atom. The normalized spacial score (nSPS) is 18.3. The molecule has 0 saturated carbocycles. The van der Waals surface area contributed by atoms with Gasteiger partial charge < -0.3 is 15.9 Å². The second-order valence-corrected chi connectivity index (χ2v) is 8.48. The van der Waals surface area contributed by atoms with Crippen molar-refractivity contribution in [2.45, 2.75) is 19.0 Å². The SMILES string of the molecule is NN=C(C=NC1=CCN(C2COC2)CC1)Cn1cc(Nc2nc3c(Br)cccn3n2)cn1. The summed E-state index contributed by atoms with van der Waals surface area (Å²) in [4.78, 5) is 11.5. The Morgan fingerprint density at radius 3 is 3.03 bits per heavy atom. The van der Waals surface area contributed by atoms with Gasteiger partial charge in [0, 0.05) is 37.6 Å². The van der Waals surface area contributed by atoms with Gasteiger partial charge in [0.1, 0.15) is 0 Å². The van der Waals surface area contributed by atoms with Crippen LogP contribution in [0.25, 0.3) is 5.65 Å². The summed E-state index contributed by atoms with van der Waals surface area (Å²) in [7, 11) is 0. The fourth-order valence-electron chi connectivity index (χ4n) is 3.57. The Labute approximate surface area is 192 Å². The number of hydrogen-bond acceptors (Lipinski definition) is 9. The van der Waals surface area contributed by atoms with Crippen molar-refractivity contribution in [1.29, 1.82) is 0 Å². The molecular formula is C20H23BrN10O. The number of anilines is 2. The lowest BCUT2D eigenvalue weighted by atomic mass is 10.1. The molecule has 11 nitrogen and oxygen atoms in total.